The summed E-state index contributed by atoms with van der Waals surface area (Å²) in [6.07, 6.45) is 0. The fraction of sp³-hybridized carbons (Fsp3) is 0.167. The van der Waals surface area contributed by atoms with Crippen LogP contribution in [0.3, 0.4) is 0 Å². The van der Waals surface area contributed by atoms with Crippen LogP contribution in [0.25, 0.3) is 0 Å². The molecule has 0 rings (SSSR count). The molecule has 0 unspecified atom stereocenters. The molecule has 12 heavy (non-hydrogen) atoms. The Morgan fingerprint density at radius 1 is 1.33 bits per heavy atom. The highest BCUT2D eigenvalue weighted by molar-refractivity contribution is 5.98. The number of hydrogen-bond acceptors (Lipinski definition) is 4. The lowest BCUT2D eigenvalue weighted by Gasteiger charge is -2.01. The fourth-order valence-corrected chi connectivity index (χ4v) is 0.580. The van der Waals surface area contributed by atoms with Gasteiger partial charge in [-0.25, -0.2) is 9.59 Å². The maximum Gasteiger partial charge on any atom is 0.356 e. The van der Waals surface area contributed by atoms with Gasteiger partial charge in [0.05, 0.1) is 0 Å². The Kier molecular flexibility index (Phi) is 3.48. The van der Waals surface area contributed by atoms with E-state index in [-0.39, 0.29) is 0 Å². The Morgan fingerprint density at radius 3 is 1.92 bits per heavy atom. The summed E-state index contributed by atoms with van der Waals surface area (Å²) in [6, 6.07) is 0. The van der Waals surface area contributed by atoms with Crippen molar-refractivity contribution < 1.29 is 19.8 Å². The molecule has 0 fully saturated rings. The zero-order valence-corrected chi connectivity index (χ0v) is 6.37. The van der Waals surface area contributed by atoms with Crippen molar-refractivity contribution in [3.8, 4) is 0 Å². The number of rotatable bonds is 4. The average molecular weight is 172 g/mol. The number of aliphatic carboxylic acids is 2. The van der Waals surface area contributed by atoms with E-state index >= 15 is 0 Å². The van der Waals surface area contributed by atoms with Crippen molar-refractivity contribution >= 4 is 18.7 Å². The molecule has 0 bridgehead atoms. The summed E-state index contributed by atoms with van der Waals surface area (Å²) in [7, 11) is 1.29. The van der Waals surface area contributed by atoms with Gasteiger partial charge in [0.2, 0.25) is 0 Å². The van der Waals surface area contributed by atoms with Crippen LogP contribution in [-0.2, 0) is 9.59 Å². The van der Waals surface area contributed by atoms with E-state index in [0.717, 1.165) is 0 Å². The summed E-state index contributed by atoms with van der Waals surface area (Å²) in [5, 5.41) is 19.1. The number of carbonyl (C=O) groups is 2. The van der Waals surface area contributed by atoms with Crippen molar-refractivity contribution in [1.82, 2.24) is 5.32 Å². The zero-order chi connectivity index (χ0) is 9.72. The molecule has 0 spiro atoms. The molecular formula is C6H8N2O4. The summed E-state index contributed by atoms with van der Waals surface area (Å²) in [6.45, 7) is 2.94. The smallest absolute Gasteiger partial charge is 0.356 e. The molecule has 6 nitrogen and oxygen atoms in total. The number of nitrogens with one attached hydrogen (secondary N) is 1. The van der Waals surface area contributed by atoms with E-state index in [4.69, 9.17) is 10.2 Å². The number of nitrogens with zero attached hydrogens (tertiary/aromatic N) is 1. The van der Waals surface area contributed by atoms with Gasteiger partial charge in [-0.15, -0.1) is 0 Å². The first-order valence-electron chi connectivity index (χ1n) is 2.90. The van der Waals surface area contributed by atoms with Crippen molar-refractivity contribution in [2.75, 3.05) is 7.05 Å². The van der Waals surface area contributed by atoms with Gasteiger partial charge in [0.15, 0.2) is 11.4 Å². The van der Waals surface area contributed by atoms with Crippen molar-refractivity contribution in [3.63, 3.8) is 0 Å². The van der Waals surface area contributed by atoms with Gasteiger partial charge in [-0.1, -0.05) is 0 Å². The molecule has 0 aromatic carbocycles. The largest absolute Gasteiger partial charge is 0.477 e. The molecule has 0 aliphatic heterocycles. The van der Waals surface area contributed by atoms with Gasteiger partial charge >= 0.3 is 11.9 Å². The van der Waals surface area contributed by atoms with E-state index in [1.807, 2.05) is 0 Å². The molecule has 0 atom stereocenters. The number of carboxylic acids is 2. The van der Waals surface area contributed by atoms with Gasteiger partial charge < -0.3 is 15.5 Å². The first kappa shape index (κ1) is 10.2. The van der Waals surface area contributed by atoms with Crippen LogP contribution in [0, 0.1) is 0 Å². The summed E-state index contributed by atoms with van der Waals surface area (Å²) >= 11 is 0. The summed E-state index contributed by atoms with van der Waals surface area (Å²) < 4.78 is 0. The Balaban J connectivity index is 5.15. The van der Waals surface area contributed by atoms with E-state index in [1.165, 1.54) is 7.05 Å². The summed E-state index contributed by atoms with van der Waals surface area (Å²) in [5.74, 6) is -2.82. The molecule has 0 saturated carbocycles. The highest BCUT2D eigenvalue weighted by Gasteiger charge is 2.17. The summed E-state index contributed by atoms with van der Waals surface area (Å²) in [5.41, 5.74) is -1.09. The van der Waals surface area contributed by atoms with Crippen molar-refractivity contribution in [2.24, 2.45) is 4.99 Å². The standard InChI is InChI=1S/C6H8N2O4/c1-7-3(5(9)10)4(8-2)6(11)12/h8H,1H2,2H3,(H,9,10)(H,11,12)/b4-3-. The summed E-state index contributed by atoms with van der Waals surface area (Å²) in [4.78, 5) is 23.8. The quantitative estimate of drug-likeness (QED) is 0.384. The molecule has 0 radical (unpaired) electrons. The molecule has 0 aromatic rings. The molecule has 0 aromatic heterocycles. The van der Waals surface area contributed by atoms with Crippen LogP contribution in [0.4, 0.5) is 0 Å². The van der Waals surface area contributed by atoms with E-state index in [2.05, 4.69) is 17.0 Å². The number of aliphatic imine (C=N–C) groups is 1. The first-order valence-corrected chi connectivity index (χ1v) is 2.90. The third-order valence-electron chi connectivity index (χ3n) is 1.06. The SMILES string of the molecule is C=N/C(C(=O)O)=C(\NC)C(=O)O. The van der Waals surface area contributed by atoms with Gasteiger partial charge in [0, 0.05) is 7.05 Å². The Labute approximate surface area is 68.2 Å². The Morgan fingerprint density at radius 2 is 1.83 bits per heavy atom. The third kappa shape index (κ3) is 2.08. The molecule has 0 aliphatic rings. The predicted octanol–water partition coefficient (Wildman–Crippen LogP) is -0.713. The van der Waals surface area contributed by atoms with Crippen LogP contribution in [0.5, 0.6) is 0 Å². The van der Waals surface area contributed by atoms with Gasteiger partial charge in [0.1, 0.15) is 0 Å². The van der Waals surface area contributed by atoms with Crippen LogP contribution in [0.1, 0.15) is 0 Å². The highest BCUT2D eigenvalue weighted by Crippen LogP contribution is 2.02. The van der Waals surface area contributed by atoms with Crippen molar-refractivity contribution in [2.45, 2.75) is 0 Å². The zero-order valence-electron chi connectivity index (χ0n) is 6.37. The van der Waals surface area contributed by atoms with Crippen LogP contribution < -0.4 is 5.32 Å². The second-order valence-electron chi connectivity index (χ2n) is 1.74. The normalized spacial score (nSPS) is 11.4. The Hall–Kier alpha value is -1.85. The maximum atomic E-state index is 10.4. The van der Waals surface area contributed by atoms with Gasteiger partial charge in [-0.05, 0) is 6.72 Å². The second kappa shape index (κ2) is 4.12. The van der Waals surface area contributed by atoms with Crippen LogP contribution in [-0.4, -0.2) is 35.9 Å². The minimum atomic E-state index is -1.43. The van der Waals surface area contributed by atoms with E-state index in [0.29, 0.717) is 0 Å². The lowest BCUT2D eigenvalue weighted by atomic mass is 10.3. The lowest BCUT2D eigenvalue weighted by Crippen LogP contribution is -2.20. The second-order valence-corrected chi connectivity index (χ2v) is 1.74. The van der Waals surface area contributed by atoms with Gasteiger partial charge in [-0.3, -0.25) is 4.99 Å². The molecule has 0 saturated heterocycles. The average Bonchev–Trinajstić information content (AvgIpc) is 1.98. The lowest BCUT2D eigenvalue weighted by molar-refractivity contribution is -0.136. The Bertz CT molecular complexity index is 256. The number of hydrogen-bond donors (Lipinski definition) is 3. The number of likely N-dealkylation sites (N-methyl/N-ethyl adjacent to an activating group) is 1. The molecule has 0 amide bonds. The number of carboxylic acid groups (broad SMARTS) is 2. The van der Waals surface area contributed by atoms with Gasteiger partial charge in [0.25, 0.3) is 0 Å². The van der Waals surface area contributed by atoms with E-state index in [1.54, 1.807) is 0 Å². The van der Waals surface area contributed by atoms with Gasteiger partial charge in [-0.2, -0.15) is 0 Å². The molecular weight excluding hydrogens is 164 g/mol. The molecule has 3 N–H and O–H groups in total. The minimum absolute atomic E-state index is 0.488. The van der Waals surface area contributed by atoms with Crippen LogP contribution >= 0.6 is 0 Å². The molecule has 66 valence electrons. The fourth-order valence-electron chi connectivity index (χ4n) is 0.580. The topological polar surface area (TPSA) is 99.0 Å². The van der Waals surface area contributed by atoms with Crippen molar-refractivity contribution in [3.05, 3.63) is 11.4 Å². The van der Waals surface area contributed by atoms with Crippen LogP contribution in [0.2, 0.25) is 0 Å². The van der Waals surface area contributed by atoms with Crippen LogP contribution in [0.15, 0.2) is 16.4 Å². The van der Waals surface area contributed by atoms with E-state index < -0.39 is 23.3 Å². The highest BCUT2D eigenvalue weighted by atomic mass is 16.4. The predicted molar refractivity (Wildman–Crippen MR) is 40.9 cm³/mol. The van der Waals surface area contributed by atoms with Crippen molar-refractivity contribution in [1.29, 1.82) is 0 Å². The monoisotopic (exact) mass is 172 g/mol. The molecule has 0 heterocycles. The molecule has 0 aliphatic carbocycles. The minimum Gasteiger partial charge on any atom is -0.477 e. The first-order chi connectivity index (χ1) is 5.54. The van der Waals surface area contributed by atoms with E-state index in [9.17, 15) is 9.59 Å². The third-order valence-corrected chi connectivity index (χ3v) is 1.06. The maximum absolute atomic E-state index is 10.4. The molecule has 6 heteroatoms.